The van der Waals surface area contributed by atoms with Crippen molar-refractivity contribution in [1.82, 2.24) is 14.9 Å². The zero-order valence-electron chi connectivity index (χ0n) is 41.9. The van der Waals surface area contributed by atoms with Crippen LogP contribution in [0.1, 0.15) is 111 Å². The lowest BCUT2D eigenvalue weighted by molar-refractivity contribution is -0.141. The lowest BCUT2D eigenvalue weighted by atomic mass is 9.81. The SMILES string of the molecule is COC(=O)Nc1ccc2c(c1)NC(=O)CCCCCC(C(=O)N1CCC[C@@]3(C1)OC(=O)N(CCOC(=O)Nc1ccc4c(c1)NC(=O)CCCCCC(C(=O)O)c1cc-4ccn1)c1ccc(C)cc13)c1cc-2ccn1. The molecule has 9 rings (SSSR count). The molecule has 3 atom stereocenters. The largest absolute Gasteiger partial charge is 0.481 e. The van der Waals surface area contributed by atoms with Crippen LogP contribution in [0.5, 0.6) is 0 Å². The molecule has 0 aliphatic carbocycles. The Morgan fingerprint density at radius 1 is 0.733 bits per heavy atom. The molecule has 6 heterocycles. The van der Waals surface area contributed by atoms with Crippen molar-refractivity contribution in [3.05, 3.63) is 114 Å². The number of piperidine rings is 1. The molecule has 1 spiro atoms. The molecule has 6 amide bonds. The fourth-order valence-electron chi connectivity index (χ4n) is 10.5. The van der Waals surface area contributed by atoms with Gasteiger partial charge in [0.2, 0.25) is 17.7 Å². The second kappa shape index (κ2) is 22.8. The number of pyridine rings is 2. The van der Waals surface area contributed by atoms with Gasteiger partial charge in [0.1, 0.15) is 6.61 Å². The van der Waals surface area contributed by atoms with Crippen LogP contribution in [0.25, 0.3) is 22.3 Å². The maximum absolute atomic E-state index is 15.0. The number of carbonyl (C=O) groups is 7. The van der Waals surface area contributed by atoms with Gasteiger partial charge in [0.05, 0.1) is 60.5 Å². The first-order valence-electron chi connectivity index (χ1n) is 25.5. The number of aryl methyl sites for hydroxylation is 1. The Balaban J connectivity index is 0.899. The second-order valence-corrected chi connectivity index (χ2v) is 19.5. The van der Waals surface area contributed by atoms with Gasteiger partial charge in [0, 0.05) is 59.8 Å². The number of aliphatic carboxylic acids is 1. The molecule has 4 aliphatic rings. The summed E-state index contributed by atoms with van der Waals surface area (Å²) in [7, 11) is 1.27. The number of anilines is 5. The molecule has 2 unspecified atom stereocenters. The van der Waals surface area contributed by atoms with E-state index in [-0.39, 0.29) is 50.3 Å². The maximum Gasteiger partial charge on any atom is 0.415 e. The smallest absolute Gasteiger partial charge is 0.415 e. The highest BCUT2D eigenvalue weighted by molar-refractivity contribution is 5.99. The van der Waals surface area contributed by atoms with E-state index in [4.69, 9.17) is 19.2 Å². The minimum Gasteiger partial charge on any atom is -0.481 e. The van der Waals surface area contributed by atoms with Crippen molar-refractivity contribution in [1.29, 1.82) is 0 Å². The van der Waals surface area contributed by atoms with Crippen LogP contribution in [0, 0.1) is 6.92 Å². The van der Waals surface area contributed by atoms with E-state index in [0.29, 0.717) is 127 Å². The summed E-state index contributed by atoms with van der Waals surface area (Å²) < 4.78 is 16.8. The number of hydrogen-bond donors (Lipinski definition) is 5. The average molecular weight is 1020 g/mol. The number of methoxy groups -OCH3 is 1. The summed E-state index contributed by atoms with van der Waals surface area (Å²) in [6, 6.07) is 23.0. The first kappa shape index (κ1) is 51.5. The highest BCUT2D eigenvalue weighted by Crippen LogP contribution is 2.46. The number of nitrogens with one attached hydrogen (secondary N) is 4. The summed E-state index contributed by atoms with van der Waals surface area (Å²) in [5.74, 6) is -2.92. The normalized spacial score (nSPS) is 19.9. The van der Waals surface area contributed by atoms with Gasteiger partial charge in [-0.3, -0.25) is 44.7 Å². The maximum atomic E-state index is 15.0. The van der Waals surface area contributed by atoms with Crippen LogP contribution in [0.3, 0.4) is 0 Å². The minimum absolute atomic E-state index is 0.0412. The van der Waals surface area contributed by atoms with Gasteiger partial charge in [-0.25, -0.2) is 14.4 Å². The Bertz CT molecular complexity index is 3040. The van der Waals surface area contributed by atoms with E-state index in [1.165, 1.54) is 12.0 Å². The van der Waals surface area contributed by atoms with Gasteiger partial charge in [0.15, 0.2) is 5.60 Å². The van der Waals surface area contributed by atoms with Gasteiger partial charge in [0.25, 0.3) is 0 Å². The number of ether oxygens (including phenoxy) is 3. The third-order valence-corrected chi connectivity index (χ3v) is 14.3. The molecule has 1 fully saturated rings. The predicted octanol–water partition coefficient (Wildman–Crippen LogP) is 10.1. The number of hydrogen-bond acceptors (Lipinski definition) is 12. The number of nitrogens with zero attached hydrogens (tertiary/aromatic N) is 4. The lowest BCUT2D eigenvalue weighted by Gasteiger charge is -2.48. The van der Waals surface area contributed by atoms with Crippen LogP contribution in [0.2, 0.25) is 0 Å². The van der Waals surface area contributed by atoms with Crippen molar-refractivity contribution in [3.8, 4) is 22.3 Å². The zero-order valence-corrected chi connectivity index (χ0v) is 41.9. The zero-order chi connectivity index (χ0) is 52.6. The summed E-state index contributed by atoms with van der Waals surface area (Å²) in [6.45, 7) is 2.25. The number of amides is 6. The number of likely N-dealkylation sites (tertiary alicyclic amines) is 1. The Labute approximate surface area is 433 Å². The molecule has 4 aliphatic heterocycles. The van der Waals surface area contributed by atoms with E-state index < -0.39 is 41.7 Å². The summed E-state index contributed by atoms with van der Waals surface area (Å²) in [5.41, 5.74) is 6.42. The predicted molar refractivity (Wildman–Crippen MR) is 279 cm³/mol. The summed E-state index contributed by atoms with van der Waals surface area (Å²) in [4.78, 5) is 105. The molecule has 2 aromatic heterocycles. The van der Waals surface area contributed by atoms with Gasteiger partial charge in [-0.1, -0.05) is 49.4 Å². The number of carbonyl (C=O) groups excluding carboxylic acids is 6. The first-order valence-corrected chi connectivity index (χ1v) is 25.5. The molecule has 75 heavy (non-hydrogen) atoms. The average Bonchev–Trinajstić information content (AvgIpc) is 3.43. The lowest BCUT2D eigenvalue weighted by Crippen LogP contribution is -2.56. The molecule has 19 nitrogen and oxygen atoms in total. The van der Waals surface area contributed by atoms with Crippen LogP contribution < -0.4 is 26.2 Å². The van der Waals surface area contributed by atoms with Crippen LogP contribution in [-0.2, 0) is 39.0 Å². The van der Waals surface area contributed by atoms with E-state index in [2.05, 4.69) is 26.3 Å². The molecule has 5 N–H and O–H groups in total. The van der Waals surface area contributed by atoms with Crippen LogP contribution in [-0.4, -0.2) is 95.3 Å². The van der Waals surface area contributed by atoms with Gasteiger partial charge >= 0.3 is 24.2 Å². The highest BCUT2D eigenvalue weighted by Gasteiger charge is 2.49. The van der Waals surface area contributed by atoms with Gasteiger partial charge in [-0.2, -0.15) is 0 Å². The third-order valence-electron chi connectivity index (χ3n) is 14.3. The Kier molecular flexibility index (Phi) is 15.7. The summed E-state index contributed by atoms with van der Waals surface area (Å²) in [5, 5.41) is 21.3. The molecule has 0 radical (unpaired) electrons. The third kappa shape index (κ3) is 11.9. The van der Waals surface area contributed by atoms with Crippen LogP contribution in [0.4, 0.5) is 42.8 Å². The van der Waals surface area contributed by atoms with Crippen molar-refractivity contribution in [2.75, 3.05) is 59.5 Å². The van der Waals surface area contributed by atoms with Crippen molar-refractivity contribution >= 4 is 70.4 Å². The standard InChI is InChI=1S/C56H60N8O11/c1-34-14-19-48-43(28-34)56(22-9-25-63(33-56)51(67)41-10-5-3-7-12-49(65)61-46-31-37(59-53(70)73-2)15-17-39(46)35-20-23-57-44(41)29-35)75-55(72)64(48)26-27-74-54(71)60-38-16-18-40-36-21-24-58-45(30-36)42(52(68)69)11-6-4-8-13-50(66)62-47(40)32-38/h14-21,23-24,28-32,41-42H,3-13,22,25-27,33H2,1-2H3,(H,59,70)(H,60,71)(H,61,65)(H,62,66)(H,68,69)/t41?,42?,56-/m0/s1. The molecule has 5 aromatic rings. The van der Waals surface area contributed by atoms with Crippen molar-refractivity contribution in [3.63, 3.8) is 0 Å². The Hall–Kier alpha value is -8.35. The molecule has 19 heteroatoms. The number of benzene rings is 3. The number of aromatic nitrogens is 2. The van der Waals surface area contributed by atoms with E-state index in [9.17, 15) is 38.7 Å². The fourth-order valence-corrected chi connectivity index (χ4v) is 10.5. The van der Waals surface area contributed by atoms with Gasteiger partial charge < -0.3 is 34.9 Å². The van der Waals surface area contributed by atoms with Crippen molar-refractivity contribution in [2.45, 2.75) is 101 Å². The number of rotatable bonds is 7. The topological polar surface area (TPSA) is 248 Å². The molecule has 1 saturated heterocycles. The quantitative estimate of drug-likeness (QED) is 0.0954. The molecular formula is C56H60N8O11. The number of fused-ring (bicyclic) bond motifs is 10. The molecular weight excluding hydrogens is 961 g/mol. The summed E-state index contributed by atoms with van der Waals surface area (Å²) >= 11 is 0. The Morgan fingerprint density at radius 2 is 1.33 bits per heavy atom. The number of carboxylic acids is 1. The van der Waals surface area contributed by atoms with Crippen LogP contribution in [0.15, 0.2) is 91.3 Å². The molecule has 0 saturated carbocycles. The molecule has 390 valence electrons. The Morgan fingerprint density at radius 3 is 1.95 bits per heavy atom. The van der Waals surface area contributed by atoms with Crippen molar-refractivity contribution in [2.24, 2.45) is 0 Å². The van der Waals surface area contributed by atoms with E-state index in [0.717, 1.165) is 16.7 Å². The van der Waals surface area contributed by atoms with Gasteiger partial charge in [-0.05, 0) is 117 Å². The highest BCUT2D eigenvalue weighted by atomic mass is 16.6. The van der Waals surface area contributed by atoms with Crippen molar-refractivity contribution < 1.29 is 52.9 Å². The first-order chi connectivity index (χ1) is 36.3. The minimum atomic E-state index is -1.16. The molecule has 3 aromatic carbocycles. The van der Waals surface area contributed by atoms with E-state index in [1.54, 1.807) is 65.8 Å². The number of carboxylic acid groups (broad SMARTS) is 1. The fraction of sp³-hybridized carbons (Fsp3) is 0.375. The molecule has 4 bridgehead atoms. The van der Waals surface area contributed by atoms with Gasteiger partial charge in [-0.15, -0.1) is 0 Å². The monoisotopic (exact) mass is 1020 g/mol. The van der Waals surface area contributed by atoms with E-state index >= 15 is 0 Å². The van der Waals surface area contributed by atoms with Crippen LogP contribution >= 0.6 is 0 Å². The van der Waals surface area contributed by atoms with E-state index in [1.807, 2.05) is 37.3 Å². The second-order valence-electron chi connectivity index (χ2n) is 19.5. The summed E-state index contributed by atoms with van der Waals surface area (Å²) in [6.07, 6.45) is 7.38.